The molecular weight excluding hydrogens is 509 g/mol. The number of aromatic amines is 1. The van der Waals surface area contributed by atoms with E-state index in [-0.39, 0.29) is 18.3 Å². The zero-order valence-corrected chi connectivity index (χ0v) is 20.6. The molecule has 3 rings (SSSR count). The second-order valence-corrected chi connectivity index (χ2v) is 8.85. The molecule has 0 spiro atoms. The van der Waals surface area contributed by atoms with Gasteiger partial charge in [-0.25, -0.2) is 14.2 Å². The number of benzene rings is 2. The van der Waals surface area contributed by atoms with Gasteiger partial charge in [-0.2, -0.15) is 5.21 Å². The van der Waals surface area contributed by atoms with E-state index in [1.807, 2.05) is 0 Å². The number of tetrazole rings is 1. The molecule has 1 amide bonds. The molecule has 14 heteroatoms. The summed E-state index contributed by atoms with van der Waals surface area (Å²) in [5, 5.41) is 23.9. The number of rotatable bonds is 11. The lowest BCUT2D eigenvalue weighted by Gasteiger charge is -2.26. The molecule has 0 radical (unpaired) electrons. The third-order valence-corrected chi connectivity index (χ3v) is 5.52. The van der Waals surface area contributed by atoms with Crippen LogP contribution in [0.2, 0.25) is 5.02 Å². The van der Waals surface area contributed by atoms with Gasteiger partial charge in [-0.3, -0.25) is 15.0 Å². The summed E-state index contributed by atoms with van der Waals surface area (Å²) < 4.78 is 19.4. The second kappa shape index (κ2) is 12.3. The summed E-state index contributed by atoms with van der Waals surface area (Å²) in [6, 6.07) is 9.82. The van der Waals surface area contributed by atoms with Crippen LogP contribution >= 0.6 is 11.6 Å². The molecule has 1 aromatic heterocycles. The Hall–Kier alpha value is -3.94. The van der Waals surface area contributed by atoms with Crippen molar-refractivity contribution in [3.05, 3.63) is 64.7 Å². The third kappa shape index (κ3) is 7.52. The lowest BCUT2D eigenvalue weighted by molar-refractivity contribution is -0.167. The highest BCUT2D eigenvalue weighted by Gasteiger charge is 2.30. The van der Waals surface area contributed by atoms with Gasteiger partial charge in [0.2, 0.25) is 6.10 Å². The van der Waals surface area contributed by atoms with E-state index in [1.165, 1.54) is 23.2 Å². The van der Waals surface area contributed by atoms with Gasteiger partial charge in [0.1, 0.15) is 11.9 Å². The zero-order valence-electron chi connectivity index (χ0n) is 19.9. The summed E-state index contributed by atoms with van der Waals surface area (Å²) in [5.74, 6) is -4.12. The van der Waals surface area contributed by atoms with E-state index in [4.69, 9.17) is 22.1 Å². The predicted octanol–water partition coefficient (Wildman–Crippen LogP) is 1.79. The molecule has 0 saturated heterocycles. The molecule has 0 fully saturated rings. The minimum Gasteiger partial charge on any atom is -0.478 e. The number of hydrogen-bond acceptors (Lipinski definition) is 9. The number of carbonyl (C=O) groups is 3. The summed E-state index contributed by atoms with van der Waals surface area (Å²) in [5.41, 5.74) is 9.75. The number of carboxylic acid groups (broad SMARTS) is 1. The van der Waals surface area contributed by atoms with Crippen molar-refractivity contribution in [2.24, 2.45) is 11.7 Å². The van der Waals surface area contributed by atoms with E-state index in [0.717, 1.165) is 0 Å². The average molecular weight is 534 g/mol. The Labute approximate surface area is 215 Å². The number of amides is 1. The van der Waals surface area contributed by atoms with E-state index >= 15 is 0 Å². The molecule has 12 nitrogen and oxygen atoms in total. The molecule has 0 aliphatic rings. The largest absolute Gasteiger partial charge is 0.478 e. The van der Waals surface area contributed by atoms with Crippen molar-refractivity contribution in [2.45, 2.75) is 32.5 Å². The number of halogens is 2. The van der Waals surface area contributed by atoms with E-state index in [9.17, 15) is 23.9 Å². The van der Waals surface area contributed by atoms with Gasteiger partial charge in [0.25, 0.3) is 5.82 Å². The summed E-state index contributed by atoms with van der Waals surface area (Å²) >= 11 is 5.98. The molecule has 2 unspecified atom stereocenters. The number of ether oxygens (including phenoxy) is 1. The van der Waals surface area contributed by atoms with Crippen molar-refractivity contribution in [1.29, 1.82) is 0 Å². The van der Waals surface area contributed by atoms with Crippen LogP contribution in [0.3, 0.4) is 0 Å². The number of aromatic nitrogens is 4. The quantitative estimate of drug-likeness (QED) is 0.210. The Kier molecular flexibility index (Phi) is 9.22. The number of H-pyrrole nitrogens is 1. The van der Waals surface area contributed by atoms with Crippen LogP contribution in [0.15, 0.2) is 42.5 Å². The smallest absolute Gasteiger partial charge is 0.346 e. The second-order valence-electron chi connectivity index (χ2n) is 8.41. The molecule has 5 N–H and O–H groups in total. The fourth-order valence-electron chi connectivity index (χ4n) is 3.19. The number of carbonyl (C=O) groups excluding carboxylic acids is 2. The topological polar surface area (TPSA) is 176 Å². The standard InChI is InChI=1S/C23H25ClFN7O5/c1-12(2)19(26)23(36)37-18(22(34)35)11-32(29-21(33)20-27-30-31-28-20)10-13-3-5-14(6-4-13)16-9-15(24)7-8-17(16)25/h3-9,12,18-19H,10-11,26H2,1-2H3,(H,29,33)(H,34,35)(H,27,28,30,31). The Morgan fingerprint density at radius 1 is 1.22 bits per heavy atom. The molecule has 3 aromatic rings. The van der Waals surface area contributed by atoms with Gasteiger partial charge in [0, 0.05) is 17.1 Å². The van der Waals surface area contributed by atoms with Crippen LogP contribution in [0.4, 0.5) is 4.39 Å². The van der Waals surface area contributed by atoms with Gasteiger partial charge >= 0.3 is 17.8 Å². The van der Waals surface area contributed by atoms with Crippen LogP contribution in [0.25, 0.3) is 11.1 Å². The maximum absolute atomic E-state index is 14.2. The van der Waals surface area contributed by atoms with Crippen molar-refractivity contribution < 1.29 is 28.6 Å². The number of nitrogens with two attached hydrogens (primary N) is 1. The van der Waals surface area contributed by atoms with Gasteiger partial charge in [0.05, 0.1) is 6.54 Å². The van der Waals surface area contributed by atoms with E-state index in [0.29, 0.717) is 21.7 Å². The van der Waals surface area contributed by atoms with Crippen molar-refractivity contribution in [3.8, 4) is 11.1 Å². The first-order valence-electron chi connectivity index (χ1n) is 11.1. The molecule has 0 aliphatic heterocycles. The molecule has 37 heavy (non-hydrogen) atoms. The number of esters is 1. The number of hydrogen-bond donors (Lipinski definition) is 4. The maximum Gasteiger partial charge on any atom is 0.346 e. The van der Waals surface area contributed by atoms with Gasteiger partial charge in [-0.15, -0.1) is 10.2 Å². The Morgan fingerprint density at radius 3 is 2.51 bits per heavy atom. The Bertz CT molecular complexity index is 1240. The summed E-state index contributed by atoms with van der Waals surface area (Å²) in [4.78, 5) is 36.6. The first-order valence-corrected chi connectivity index (χ1v) is 11.5. The number of nitrogens with one attached hydrogen (secondary N) is 2. The fraction of sp³-hybridized carbons (Fsp3) is 0.304. The van der Waals surface area contributed by atoms with Crippen LogP contribution in [0, 0.1) is 11.7 Å². The van der Waals surface area contributed by atoms with E-state index in [2.05, 4.69) is 26.0 Å². The van der Waals surface area contributed by atoms with Gasteiger partial charge < -0.3 is 15.6 Å². The summed E-state index contributed by atoms with van der Waals surface area (Å²) in [6.07, 6.45) is -1.65. The molecule has 196 valence electrons. The Balaban J connectivity index is 1.81. The van der Waals surface area contributed by atoms with Crippen molar-refractivity contribution >= 4 is 29.4 Å². The molecule has 2 atom stereocenters. The highest BCUT2D eigenvalue weighted by Crippen LogP contribution is 2.26. The number of nitrogens with zero attached hydrogens (tertiary/aromatic N) is 4. The summed E-state index contributed by atoms with van der Waals surface area (Å²) in [6.45, 7) is 2.94. The van der Waals surface area contributed by atoms with Gasteiger partial charge in [0.15, 0.2) is 0 Å². The van der Waals surface area contributed by atoms with Crippen LogP contribution in [0.1, 0.15) is 30.0 Å². The van der Waals surface area contributed by atoms with Gasteiger partial charge in [-0.05, 0) is 40.5 Å². The maximum atomic E-state index is 14.2. The molecule has 1 heterocycles. The lowest BCUT2D eigenvalue weighted by atomic mass is 10.0. The monoisotopic (exact) mass is 533 g/mol. The predicted molar refractivity (Wildman–Crippen MR) is 129 cm³/mol. The SMILES string of the molecule is CC(C)C(N)C(=O)OC(CN(Cc1ccc(-c2cc(Cl)ccc2F)cc1)NC(=O)c1nn[nH]n1)C(=O)O. The number of hydrazine groups is 1. The molecule has 0 aliphatic carbocycles. The zero-order chi connectivity index (χ0) is 27.1. The van der Waals surface area contributed by atoms with Crippen LogP contribution in [-0.2, 0) is 20.9 Å². The molecule has 0 saturated carbocycles. The lowest BCUT2D eigenvalue weighted by Crippen LogP contribution is -2.50. The van der Waals surface area contributed by atoms with Crippen LogP contribution in [0.5, 0.6) is 0 Å². The number of carboxylic acids is 1. The minimum atomic E-state index is -1.65. The van der Waals surface area contributed by atoms with E-state index < -0.39 is 42.4 Å². The van der Waals surface area contributed by atoms with E-state index in [1.54, 1.807) is 38.1 Å². The average Bonchev–Trinajstić information content (AvgIpc) is 3.40. The molecular formula is C23H25ClFN7O5. The molecule has 2 aromatic carbocycles. The normalized spacial score (nSPS) is 12.8. The van der Waals surface area contributed by atoms with Crippen molar-refractivity contribution in [3.63, 3.8) is 0 Å². The fourth-order valence-corrected chi connectivity index (χ4v) is 3.36. The van der Waals surface area contributed by atoms with Crippen molar-refractivity contribution in [1.82, 2.24) is 31.1 Å². The third-order valence-electron chi connectivity index (χ3n) is 5.29. The first kappa shape index (κ1) is 27.6. The summed E-state index contributed by atoms with van der Waals surface area (Å²) in [7, 11) is 0. The highest BCUT2D eigenvalue weighted by atomic mass is 35.5. The number of aliphatic carboxylic acids is 1. The Morgan fingerprint density at radius 2 is 1.92 bits per heavy atom. The minimum absolute atomic E-state index is 0.0144. The highest BCUT2D eigenvalue weighted by molar-refractivity contribution is 6.30. The molecule has 0 bridgehead atoms. The van der Waals surface area contributed by atoms with Crippen LogP contribution in [-0.4, -0.2) is 67.3 Å². The first-order chi connectivity index (χ1) is 17.5. The van der Waals surface area contributed by atoms with Crippen LogP contribution < -0.4 is 11.2 Å². The van der Waals surface area contributed by atoms with Crippen molar-refractivity contribution in [2.75, 3.05) is 6.54 Å². The van der Waals surface area contributed by atoms with Gasteiger partial charge in [-0.1, -0.05) is 49.7 Å².